The zero-order valence-electron chi connectivity index (χ0n) is 13.8. The van der Waals surface area contributed by atoms with Crippen molar-refractivity contribution in [3.8, 4) is 0 Å². The van der Waals surface area contributed by atoms with Gasteiger partial charge in [-0.3, -0.25) is 0 Å². The van der Waals surface area contributed by atoms with Crippen LogP contribution in [0.5, 0.6) is 0 Å². The average Bonchev–Trinajstić information content (AvgIpc) is 2.45. The second-order valence-corrected chi connectivity index (χ2v) is 6.86. The van der Waals surface area contributed by atoms with E-state index in [9.17, 15) is 4.39 Å². The van der Waals surface area contributed by atoms with Crippen molar-refractivity contribution in [2.24, 2.45) is 5.41 Å². The van der Waals surface area contributed by atoms with E-state index < -0.39 is 0 Å². The van der Waals surface area contributed by atoms with Gasteiger partial charge in [0.2, 0.25) is 0 Å². The maximum Gasteiger partial charge on any atom is 0.130 e. The van der Waals surface area contributed by atoms with Gasteiger partial charge < -0.3 is 10.2 Å². The number of nitrogens with one attached hydrogen (secondary N) is 1. The molecule has 0 radical (unpaired) electrons. The first-order valence-electron chi connectivity index (χ1n) is 7.74. The number of anilines is 1. The third kappa shape index (κ3) is 3.46. The monoisotopic (exact) mass is 290 g/mol. The van der Waals surface area contributed by atoms with Crippen molar-refractivity contribution < 1.29 is 4.39 Å². The Labute approximate surface area is 128 Å². The minimum atomic E-state index is -0.125. The molecule has 1 aromatic rings. The zero-order chi connectivity index (χ0) is 15.6. The van der Waals surface area contributed by atoms with Crippen LogP contribution in [0.4, 0.5) is 10.1 Å². The van der Waals surface area contributed by atoms with Gasteiger partial charge in [-0.1, -0.05) is 38.5 Å². The molecule has 0 aromatic heterocycles. The van der Waals surface area contributed by atoms with Gasteiger partial charge in [-0.25, -0.2) is 4.39 Å². The van der Waals surface area contributed by atoms with E-state index >= 15 is 0 Å². The summed E-state index contributed by atoms with van der Waals surface area (Å²) in [7, 11) is 1.87. The summed E-state index contributed by atoms with van der Waals surface area (Å²) < 4.78 is 14.2. The van der Waals surface area contributed by atoms with E-state index in [0.717, 1.165) is 30.8 Å². The maximum atomic E-state index is 14.2. The Morgan fingerprint density at radius 1 is 1.29 bits per heavy atom. The van der Waals surface area contributed by atoms with Crippen LogP contribution in [0.25, 0.3) is 0 Å². The van der Waals surface area contributed by atoms with Gasteiger partial charge in [0.1, 0.15) is 5.82 Å². The largest absolute Gasteiger partial charge is 0.367 e. The van der Waals surface area contributed by atoms with Crippen LogP contribution in [-0.4, -0.2) is 20.1 Å². The lowest BCUT2D eigenvalue weighted by Crippen LogP contribution is -2.33. The van der Waals surface area contributed by atoms with Crippen molar-refractivity contribution in [2.45, 2.75) is 40.2 Å². The average molecular weight is 290 g/mol. The first-order chi connectivity index (χ1) is 9.84. The molecule has 2 rings (SSSR count). The van der Waals surface area contributed by atoms with Crippen molar-refractivity contribution in [3.63, 3.8) is 0 Å². The van der Waals surface area contributed by atoms with E-state index in [1.807, 2.05) is 20.0 Å². The van der Waals surface area contributed by atoms with Crippen LogP contribution in [0.3, 0.4) is 0 Å². The molecule has 1 aliphatic rings. The van der Waals surface area contributed by atoms with Crippen molar-refractivity contribution >= 4 is 5.69 Å². The molecular weight excluding hydrogens is 263 g/mol. The SMILES string of the molecule is CNC(C)c1c(F)cccc1N1CC=C(C(C)(C)C)CC1. The number of halogens is 1. The third-order valence-electron chi connectivity index (χ3n) is 4.41. The zero-order valence-corrected chi connectivity index (χ0v) is 13.8. The Hall–Kier alpha value is -1.35. The quantitative estimate of drug-likeness (QED) is 0.835. The van der Waals surface area contributed by atoms with Gasteiger partial charge in [0, 0.05) is 30.4 Å². The lowest BCUT2D eigenvalue weighted by Gasteiger charge is -2.35. The van der Waals surface area contributed by atoms with Gasteiger partial charge in [-0.05, 0) is 37.9 Å². The summed E-state index contributed by atoms with van der Waals surface area (Å²) in [6.07, 6.45) is 3.36. The minimum absolute atomic E-state index is 0.00851. The second kappa shape index (κ2) is 6.18. The molecule has 21 heavy (non-hydrogen) atoms. The number of benzene rings is 1. The molecule has 3 heteroatoms. The maximum absolute atomic E-state index is 14.2. The van der Waals surface area contributed by atoms with Crippen LogP contribution < -0.4 is 10.2 Å². The fraction of sp³-hybridized carbons (Fsp3) is 0.556. The summed E-state index contributed by atoms with van der Waals surface area (Å²) in [6, 6.07) is 5.39. The smallest absolute Gasteiger partial charge is 0.130 e. The molecule has 1 unspecified atom stereocenters. The van der Waals surface area contributed by atoms with Gasteiger partial charge in [-0.15, -0.1) is 0 Å². The molecule has 116 valence electrons. The Kier molecular flexibility index (Phi) is 4.72. The molecule has 0 amide bonds. The third-order valence-corrected chi connectivity index (χ3v) is 4.41. The Morgan fingerprint density at radius 2 is 2.00 bits per heavy atom. The van der Waals surface area contributed by atoms with E-state index in [-0.39, 0.29) is 17.3 Å². The molecule has 0 saturated heterocycles. The predicted octanol–water partition coefficient (Wildman–Crippen LogP) is 4.29. The van der Waals surface area contributed by atoms with Crippen LogP contribution in [0, 0.1) is 11.2 Å². The van der Waals surface area contributed by atoms with Crippen LogP contribution in [0.1, 0.15) is 45.7 Å². The molecule has 0 saturated carbocycles. The molecule has 1 aliphatic heterocycles. The van der Waals surface area contributed by atoms with Gasteiger partial charge >= 0.3 is 0 Å². The molecule has 1 heterocycles. The summed E-state index contributed by atoms with van der Waals surface area (Å²) >= 11 is 0. The highest BCUT2D eigenvalue weighted by molar-refractivity contribution is 5.57. The number of hydrogen-bond acceptors (Lipinski definition) is 2. The lowest BCUT2D eigenvalue weighted by molar-refractivity contribution is 0.472. The van der Waals surface area contributed by atoms with Gasteiger partial charge in [0.15, 0.2) is 0 Å². The normalized spacial score (nSPS) is 17.6. The Balaban J connectivity index is 2.29. The highest BCUT2D eigenvalue weighted by Gasteiger charge is 2.24. The summed E-state index contributed by atoms with van der Waals surface area (Å²) in [5, 5.41) is 3.15. The molecule has 2 nitrogen and oxygen atoms in total. The fourth-order valence-electron chi connectivity index (χ4n) is 2.94. The predicted molar refractivity (Wildman–Crippen MR) is 88.2 cm³/mol. The molecule has 0 spiro atoms. The van der Waals surface area contributed by atoms with Gasteiger partial charge in [-0.2, -0.15) is 0 Å². The minimum Gasteiger partial charge on any atom is -0.367 e. The molecule has 1 atom stereocenters. The van der Waals surface area contributed by atoms with E-state index in [4.69, 9.17) is 0 Å². The van der Waals surface area contributed by atoms with Crippen LogP contribution in [0.15, 0.2) is 29.8 Å². The number of hydrogen-bond donors (Lipinski definition) is 1. The van der Waals surface area contributed by atoms with Gasteiger partial charge in [0.05, 0.1) is 0 Å². The van der Waals surface area contributed by atoms with E-state index in [1.54, 1.807) is 12.1 Å². The second-order valence-electron chi connectivity index (χ2n) is 6.86. The molecule has 0 bridgehead atoms. The summed E-state index contributed by atoms with van der Waals surface area (Å²) in [5.41, 5.74) is 3.52. The summed E-state index contributed by atoms with van der Waals surface area (Å²) in [6.45, 7) is 10.6. The first kappa shape index (κ1) is 16.0. The van der Waals surface area contributed by atoms with Crippen LogP contribution in [0.2, 0.25) is 0 Å². The highest BCUT2D eigenvalue weighted by Crippen LogP contribution is 2.34. The van der Waals surface area contributed by atoms with Crippen molar-refractivity contribution in [1.82, 2.24) is 5.32 Å². The standard InChI is InChI=1S/C18H27FN2/c1-13(20-5)17-15(19)7-6-8-16(17)21-11-9-14(10-12-21)18(2,3)4/h6-9,13,20H,10-12H2,1-5H3. The molecule has 1 N–H and O–H groups in total. The first-order valence-corrected chi connectivity index (χ1v) is 7.74. The highest BCUT2D eigenvalue weighted by atomic mass is 19.1. The molecule has 0 fully saturated rings. The van der Waals surface area contributed by atoms with Crippen LogP contribution >= 0.6 is 0 Å². The fourth-order valence-corrected chi connectivity index (χ4v) is 2.94. The molecule has 1 aromatic carbocycles. The molecule has 0 aliphatic carbocycles. The van der Waals surface area contributed by atoms with Crippen molar-refractivity contribution in [2.75, 3.05) is 25.0 Å². The topological polar surface area (TPSA) is 15.3 Å². The lowest BCUT2D eigenvalue weighted by atomic mass is 9.83. The van der Waals surface area contributed by atoms with Gasteiger partial charge in [0.25, 0.3) is 0 Å². The molecular formula is C18H27FN2. The van der Waals surface area contributed by atoms with Crippen molar-refractivity contribution in [3.05, 3.63) is 41.2 Å². The Bertz CT molecular complexity index is 529. The van der Waals surface area contributed by atoms with E-state index in [1.165, 1.54) is 5.57 Å². The van der Waals surface area contributed by atoms with E-state index in [2.05, 4.69) is 37.1 Å². The number of nitrogens with zero attached hydrogens (tertiary/aromatic N) is 1. The van der Waals surface area contributed by atoms with Crippen molar-refractivity contribution in [1.29, 1.82) is 0 Å². The number of rotatable bonds is 3. The summed E-state index contributed by atoms with van der Waals surface area (Å²) in [5.74, 6) is -0.125. The summed E-state index contributed by atoms with van der Waals surface area (Å²) in [4.78, 5) is 2.28. The van der Waals surface area contributed by atoms with E-state index in [0.29, 0.717) is 0 Å². The Morgan fingerprint density at radius 3 is 2.52 bits per heavy atom. The van der Waals surface area contributed by atoms with Crippen LogP contribution in [-0.2, 0) is 0 Å².